The van der Waals surface area contributed by atoms with Crippen molar-refractivity contribution in [3.8, 4) is 0 Å². The zero-order valence-corrected chi connectivity index (χ0v) is 13.3. The number of ether oxygens (including phenoxy) is 1. The number of thioether (sulfide) groups is 2. The van der Waals surface area contributed by atoms with Gasteiger partial charge in [0.2, 0.25) is 0 Å². The minimum absolute atomic E-state index is 0.341. The summed E-state index contributed by atoms with van der Waals surface area (Å²) in [5.41, 5.74) is 7.28. The van der Waals surface area contributed by atoms with Crippen LogP contribution in [0.4, 0.5) is 5.82 Å². The topological polar surface area (TPSA) is 78.1 Å². The maximum Gasteiger partial charge on any atom is 0.337 e. The number of carbonyl (C=O) groups excluding carboxylic acids is 1. The molecular weight excluding hydrogens is 306 g/mol. The number of rotatable bonds is 5. The Morgan fingerprint density at radius 1 is 1.33 bits per heavy atom. The molecule has 1 aromatic carbocycles. The number of carbonyl (C=O) groups is 1. The van der Waals surface area contributed by atoms with Crippen molar-refractivity contribution in [2.45, 2.75) is 15.9 Å². The second-order valence-electron chi connectivity index (χ2n) is 4.10. The SMILES string of the molecule is COC(=O)c1cccc(CSc2nc(N)cc(SC)n2)c1. The fraction of sp³-hybridized carbons (Fsp3) is 0.214. The molecule has 0 saturated carbocycles. The van der Waals surface area contributed by atoms with Crippen LogP contribution in [0, 0.1) is 0 Å². The first-order valence-electron chi connectivity index (χ1n) is 6.11. The van der Waals surface area contributed by atoms with Crippen LogP contribution in [-0.2, 0) is 10.5 Å². The van der Waals surface area contributed by atoms with E-state index in [4.69, 9.17) is 10.5 Å². The van der Waals surface area contributed by atoms with Crippen LogP contribution in [-0.4, -0.2) is 29.3 Å². The van der Waals surface area contributed by atoms with E-state index in [2.05, 4.69) is 9.97 Å². The van der Waals surface area contributed by atoms with Crippen LogP contribution in [0.25, 0.3) is 0 Å². The molecule has 0 unspecified atom stereocenters. The molecule has 1 aromatic heterocycles. The van der Waals surface area contributed by atoms with Crippen LogP contribution < -0.4 is 5.73 Å². The van der Waals surface area contributed by atoms with Crippen molar-refractivity contribution in [1.29, 1.82) is 0 Å². The highest BCUT2D eigenvalue weighted by molar-refractivity contribution is 7.99. The number of benzene rings is 1. The van der Waals surface area contributed by atoms with Crippen molar-refractivity contribution in [3.05, 3.63) is 41.5 Å². The molecule has 110 valence electrons. The van der Waals surface area contributed by atoms with Crippen molar-refractivity contribution >= 4 is 35.3 Å². The summed E-state index contributed by atoms with van der Waals surface area (Å²) in [5.74, 6) is 0.772. The van der Waals surface area contributed by atoms with Gasteiger partial charge in [0, 0.05) is 11.8 Å². The fourth-order valence-electron chi connectivity index (χ4n) is 1.64. The molecule has 0 saturated heterocycles. The molecule has 0 atom stereocenters. The van der Waals surface area contributed by atoms with Gasteiger partial charge in [-0.2, -0.15) is 0 Å². The monoisotopic (exact) mass is 321 g/mol. The minimum atomic E-state index is -0.341. The van der Waals surface area contributed by atoms with Gasteiger partial charge in [0.25, 0.3) is 0 Å². The van der Waals surface area contributed by atoms with Crippen molar-refractivity contribution in [1.82, 2.24) is 9.97 Å². The predicted molar refractivity (Wildman–Crippen MR) is 85.6 cm³/mol. The number of anilines is 1. The molecule has 2 aromatic rings. The highest BCUT2D eigenvalue weighted by atomic mass is 32.2. The lowest BCUT2D eigenvalue weighted by Crippen LogP contribution is -2.01. The summed E-state index contributed by atoms with van der Waals surface area (Å²) >= 11 is 3.00. The lowest BCUT2D eigenvalue weighted by molar-refractivity contribution is 0.0600. The lowest BCUT2D eigenvalue weighted by atomic mass is 10.1. The van der Waals surface area contributed by atoms with Crippen LogP contribution in [0.15, 0.2) is 40.5 Å². The predicted octanol–water partition coefficient (Wildman–Crippen LogP) is 2.86. The Labute approximate surface area is 131 Å². The average molecular weight is 321 g/mol. The maximum absolute atomic E-state index is 11.5. The molecule has 7 heteroatoms. The molecule has 5 nitrogen and oxygen atoms in total. The third-order valence-electron chi connectivity index (χ3n) is 2.63. The summed E-state index contributed by atoms with van der Waals surface area (Å²) in [7, 11) is 1.37. The van der Waals surface area contributed by atoms with Crippen molar-refractivity contribution in [2.75, 3.05) is 19.1 Å². The van der Waals surface area contributed by atoms with E-state index in [1.165, 1.54) is 30.6 Å². The molecule has 1 heterocycles. The van der Waals surface area contributed by atoms with E-state index < -0.39 is 0 Å². The van der Waals surface area contributed by atoms with E-state index in [1.807, 2.05) is 18.4 Å². The van der Waals surface area contributed by atoms with Gasteiger partial charge in [-0.25, -0.2) is 14.8 Å². The molecule has 0 spiro atoms. The second kappa shape index (κ2) is 7.33. The molecule has 2 rings (SSSR count). The maximum atomic E-state index is 11.5. The number of nitrogen functional groups attached to an aromatic ring is 1. The van der Waals surface area contributed by atoms with Gasteiger partial charge < -0.3 is 10.5 Å². The Kier molecular flexibility index (Phi) is 5.46. The van der Waals surface area contributed by atoms with Crippen LogP contribution in [0.2, 0.25) is 0 Å². The molecule has 2 N–H and O–H groups in total. The summed E-state index contributed by atoms with van der Waals surface area (Å²) in [6.07, 6.45) is 1.94. The van der Waals surface area contributed by atoms with Crippen LogP contribution in [0.1, 0.15) is 15.9 Å². The number of nitrogens with two attached hydrogens (primary N) is 1. The molecule has 0 amide bonds. The van der Waals surface area contributed by atoms with Gasteiger partial charge in [-0.15, -0.1) is 11.8 Å². The van der Waals surface area contributed by atoms with Crippen LogP contribution in [0.5, 0.6) is 0 Å². The Morgan fingerprint density at radius 3 is 2.86 bits per heavy atom. The smallest absolute Gasteiger partial charge is 0.337 e. The Balaban J connectivity index is 2.09. The Bertz CT molecular complexity index is 650. The number of aromatic nitrogens is 2. The Morgan fingerprint density at radius 2 is 2.14 bits per heavy atom. The molecule has 0 aliphatic carbocycles. The van der Waals surface area contributed by atoms with E-state index in [0.717, 1.165) is 10.6 Å². The largest absolute Gasteiger partial charge is 0.465 e. The van der Waals surface area contributed by atoms with Crippen LogP contribution >= 0.6 is 23.5 Å². The molecular formula is C14H15N3O2S2. The third-order valence-corrected chi connectivity index (χ3v) is 4.17. The van der Waals surface area contributed by atoms with Gasteiger partial charge in [0.1, 0.15) is 10.8 Å². The van der Waals surface area contributed by atoms with Gasteiger partial charge in [0.15, 0.2) is 5.16 Å². The summed E-state index contributed by atoms with van der Waals surface area (Å²) < 4.78 is 4.71. The highest BCUT2D eigenvalue weighted by Gasteiger charge is 2.07. The van der Waals surface area contributed by atoms with Crippen molar-refractivity contribution in [3.63, 3.8) is 0 Å². The standard InChI is InChI=1S/C14H15N3O2S2/c1-19-13(18)10-5-3-4-9(6-10)8-21-14-16-11(15)7-12(17-14)20-2/h3-7H,8H2,1-2H3,(H2,15,16,17). The van der Waals surface area contributed by atoms with E-state index >= 15 is 0 Å². The zero-order valence-electron chi connectivity index (χ0n) is 11.7. The first kappa shape index (κ1) is 15.7. The summed E-state index contributed by atoms with van der Waals surface area (Å²) in [6, 6.07) is 9.05. The van der Waals surface area contributed by atoms with E-state index in [0.29, 0.717) is 22.3 Å². The quantitative estimate of drug-likeness (QED) is 0.392. The first-order valence-corrected chi connectivity index (χ1v) is 8.32. The van der Waals surface area contributed by atoms with Gasteiger partial charge in [-0.3, -0.25) is 0 Å². The number of hydrogen-bond donors (Lipinski definition) is 1. The molecule has 21 heavy (non-hydrogen) atoms. The van der Waals surface area contributed by atoms with Gasteiger partial charge >= 0.3 is 5.97 Å². The molecule has 0 aliphatic rings. The van der Waals surface area contributed by atoms with Crippen LogP contribution in [0.3, 0.4) is 0 Å². The molecule has 0 bridgehead atoms. The number of esters is 1. The van der Waals surface area contributed by atoms with E-state index in [9.17, 15) is 4.79 Å². The summed E-state index contributed by atoms with van der Waals surface area (Å²) in [4.78, 5) is 20.1. The molecule has 0 fully saturated rings. The lowest BCUT2D eigenvalue weighted by Gasteiger charge is -2.05. The van der Waals surface area contributed by atoms with Gasteiger partial charge in [-0.1, -0.05) is 23.9 Å². The molecule has 0 aliphatic heterocycles. The number of methoxy groups -OCH3 is 1. The summed E-state index contributed by atoms with van der Waals surface area (Å²) in [6.45, 7) is 0. The number of hydrogen-bond acceptors (Lipinski definition) is 7. The summed E-state index contributed by atoms with van der Waals surface area (Å²) in [5, 5.41) is 1.47. The highest BCUT2D eigenvalue weighted by Crippen LogP contribution is 2.23. The van der Waals surface area contributed by atoms with E-state index in [-0.39, 0.29) is 5.97 Å². The van der Waals surface area contributed by atoms with Crippen molar-refractivity contribution < 1.29 is 9.53 Å². The second-order valence-corrected chi connectivity index (χ2v) is 5.87. The molecule has 0 radical (unpaired) electrons. The third kappa shape index (κ3) is 4.37. The Hall–Kier alpha value is -1.73. The normalized spacial score (nSPS) is 10.4. The zero-order chi connectivity index (χ0) is 15.2. The van der Waals surface area contributed by atoms with Gasteiger partial charge in [-0.05, 0) is 24.0 Å². The van der Waals surface area contributed by atoms with Crippen molar-refractivity contribution in [2.24, 2.45) is 0 Å². The van der Waals surface area contributed by atoms with Gasteiger partial charge in [0.05, 0.1) is 12.7 Å². The fourth-order valence-corrected chi connectivity index (χ4v) is 2.93. The average Bonchev–Trinajstić information content (AvgIpc) is 2.51. The first-order chi connectivity index (χ1) is 10.1. The minimum Gasteiger partial charge on any atom is -0.465 e. The van der Waals surface area contributed by atoms with E-state index in [1.54, 1.807) is 18.2 Å². The number of nitrogens with zero attached hydrogens (tertiary/aromatic N) is 2.